The Morgan fingerprint density at radius 3 is 2.42 bits per heavy atom. The molecular weight excluding hydrogens is 346 g/mol. The zero-order chi connectivity index (χ0) is 18.5. The van der Waals surface area contributed by atoms with Gasteiger partial charge in [-0.3, -0.25) is 9.59 Å². The van der Waals surface area contributed by atoms with Crippen molar-refractivity contribution in [3.63, 3.8) is 0 Å². The predicted molar refractivity (Wildman–Crippen MR) is 104 cm³/mol. The van der Waals surface area contributed by atoms with E-state index >= 15 is 0 Å². The van der Waals surface area contributed by atoms with Gasteiger partial charge in [-0.2, -0.15) is 0 Å². The van der Waals surface area contributed by atoms with E-state index in [9.17, 15) is 9.59 Å². The van der Waals surface area contributed by atoms with Gasteiger partial charge >= 0.3 is 0 Å². The first-order valence-corrected chi connectivity index (χ1v) is 9.80. The predicted octanol–water partition coefficient (Wildman–Crippen LogP) is 2.44. The lowest BCUT2D eigenvalue weighted by Gasteiger charge is -2.30. The summed E-state index contributed by atoms with van der Waals surface area (Å²) in [7, 11) is 0. The van der Waals surface area contributed by atoms with Crippen LogP contribution in [0.1, 0.15) is 26.4 Å². The fraction of sp³-hybridized carbons (Fsp3) is 0.400. The summed E-state index contributed by atoms with van der Waals surface area (Å²) in [5, 5.41) is 5.17. The van der Waals surface area contributed by atoms with Gasteiger partial charge in [0.2, 0.25) is 5.91 Å². The maximum Gasteiger partial charge on any atom is 0.264 e. The van der Waals surface area contributed by atoms with Gasteiger partial charge in [0.1, 0.15) is 6.54 Å². The number of piperazine rings is 1. The van der Waals surface area contributed by atoms with Crippen LogP contribution in [0.5, 0.6) is 0 Å². The molecule has 1 aliphatic heterocycles. The van der Waals surface area contributed by atoms with Gasteiger partial charge in [-0.15, -0.1) is 11.3 Å². The number of carbonyl (C=O) groups is 2. The topological polar surface area (TPSA) is 52.7 Å². The first kappa shape index (κ1) is 18.6. The summed E-state index contributed by atoms with van der Waals surface area (Å²) in [5.74, 6) is -0.0530. The highest BCUT2D eigenvalue weighted by Crippen LogP contribution is 2.20. The molecule has 6 heteroatoms. The van der Waals surface area contributed by atoms with Gasteiger partial charge in [0.15, 0.2) is 0 Å². The number of hydrogen-bond donors (Lipinski definition) is 1. The maximum absolute atomic E-state index is 13.1. The second kappa shape index (κ2) is 8.47. The van der Waals surface area contributed by atoms with Gasteiger partial charge < -0.3 is 15.1 Å². The highest BCUT2D eigenvalue weighted by molar-refractivity contribution is 7.12. The van der Waals surface area contributed by atoms with Crippen molar-refractivity contribution >= 4 is 23.2 Å². The first-order valence-electron chi connectivity index (χ1n) is 8.92. The van der Waals surface area contributed by atoms with Crippen LogP contribution >= 0.6 is 11.3 Å². The van der Waals surface area contributed by atoms with Gasteiger partial charge in [0.05, 0.1) is 4.88 Å². The van der Waals surface area contributed by atoms with Gasteiger partial charge in [-0.1, -0.05) is 29.8 Å². The van der Waals surface area contributed by atoms with Crippen molar-refractivity contribution < 1.29 is 9.59 Å². The minimum Gasteiger partial charge on any atom is -0.339 e. The molecule has 5 nitrogen and oxygen atoms in total. The van der Waals surface area contributed by atoms with Crippen LogP contribution in [0.2, 0.25) is 0 Å². The molecule has 1 fully saturated rings. The monoisotopic (exact) mass is 371 g/mol. The SMILES string of the molecule is Cc1ccc(CN(CC(=O)N2CCNCC2)C(=O)c2sccc2C)cc1. The molecule has 26 heavy (non-hydrogen) atoms. The molecule has 0 bridgehead atoms. The maximum atomic E-state index is 13.1. The summed E-state index contributed by atoms with van der Waals surface area (Å²) in [6, 6.07) is 10.1. The Labute approximate surface area is 158 Å². The third kappa shape index (κ3) is 4.51. The molecule has 0 unspecified atom stereocenters. The van der Waals surface area contributed by atoms with Gasteiger partial charge in [0.25, 0.3) is 5.91 Å². The molecule has 2 heterocycles. The number of hydrogen-bond acceptors (Lipinski definition) is 4. The molecule has 1 aromatic heterocycles. The van der Waals surface area contributed by atoms with Gasteiger partial charge in [-0.05, 0) is 36.4 Å². The molecule has 1 aromatic carbocycles. The molecule has 0 spiro atoms. The third-order valence-electron chi connectivity index (χ3n) is 4.63. The molecular formula is C20H25N3O2S. The summed E-state index contributed by atoms with van der Waals surface area (Å²) in [4.78, 5) is 30.0. The van der Waals surface area contributed by atoms with Crippen molar-refractivity contribution in [1.82, 2.24) is 15.1 Å². The van der Waals surface area contributed by atoms with Crippen molar-refractivity contribution in [3.8, 4) is 0 Å². The van der Waals surface area contributed by atoms with E-state index in [1.165, 1.54) is 16.9 Å². The van der Waals surface area contributed by atoms with E-state index < -0.39 is 0 Å². The molecule has 0 saturated carbocycles. The Bertz CT molecular complexity index is 764. The van der Waals surface area contributed by atoms with E-state index in [1.807, 2.05) is 54.5 Å². The summed E-state index contributed by atoms with van der Waals surface area (Å²) < 4.78 is 0. The third-order valence-corrected chi connectivity index (χ3v) is 5.64. The largest absolute Gasteiger partial charge is 0.339 e. The fourth-order valence-electron chi connectivity index (χ4n) is 3.03. The molecule has 138 valence electrons. The van der Waals surface area contributed by atoms with Crippen molar-refractivity contribution in [2.24, 2.45) is 0 Å². The summed E-state index contributed by atoms with van der Waals surface area (Å²) >= 11 is 1.44. The number of nitrogens with zero attached hydrogens (tertiary/aromatic N) is 2. The average molecular weight is 372 g/mol. The molecule has 1 aliphatic rings. The Kier molecular flexibility index (Phi) is 6.06. The quantitative estimate of drug-likeness (QED) is 0.878. The van der Waals surface area contributed by atoms with Crippen LogP contribution in [-0.2, 0) is 11.3 Å². The van der Waals surface area contributed by atoms with Crippen LogP contribution in [0, 0.1) is 13.8 Å². The molecule has 0 aliphatic carbocycles. The lowest BCUT2D eigenvalue weighted by Crippen LogP contribution is -2.50. The Morgan fingerprint density at radius 2 is 1.81 bits per heavy atom. The molecule has 0 radical (unpaired) electrons. The van der Waals surface area contributed by atoms with Crippen LogP contribution in [0.15, 0.2) is 35.7 Å². The molecule has 0 atom stereocenters. The van der Waals surface area contributed by atoms with Crippen molar-refractivity contribution in [3.05, 3.63) is 57.3 Å². The van der Waals surface area contributed by atoms with Crippen LogP contribution < -0.4 is 5.32 Å². The molecule has 3 rings (SSSR count). The number of rotatable bonds is 5. The van der Waals surface area contributed by atoms with Crippen LogP contribution in [0.3, 0.4) is 0 Å². The van der Waals surface area contributed by atoms with E-state index in [0.717, 1.165) is 24.2 Å². The van der Waals surface area contributed by atoms with Crippen LogP contribution in [0.4, 0.5) is 0 Å². The van der Waals surface area contributed by atoms with Crippen molar-refractivity contribution in [2.45, 2.75) is 20.4 Å². The van der Waals surface area contributed by atoms with E-state index in [1.54, 1.807) is 4.90 Å². The number of nitrogens with one attached hydrogen (secondary N) is 1. The smallest absolute Gasteiger partial charge is 0.264 e. The number of carbonyl (C=O) groups excluding carboxylic acids is 2. The summed E-state index contributed by atoms with van der Waals surface area (Å²) in [6.45, 7) is 7.54. The standard InChI is InChI=1S/C20H25N3O2S/c1-15-3-5-17(6-4-15)13-23(20(25)19-16(2)7-12-26-19)14-18(24)22-10-8-21-9-11-22/h3-7,12,21H,8-11,13-14H2,1-2H3. The van der Waals surface area contributed by atoms with E-state index in [0.29, 0.717) is 24.5 Å². The highest BCUT2D eigenvalue weighted by atomic mass is 32.1. The zero-order valence-electron chi connectivity index (χ0n) is 15.3. The zero-order valence-corrected chi connectivity index (χ0v) is 16.1. The first-order chi connectivity index (χ1) is 12.5. The van der Waals surface area contributed by atoms with E-state index in [2.05, 4.69) is 5.32 Å². The fourth-order valence-corrected chi connectivity index (χ4v) is 3.92. The Morgan fingerprint density at radius 1 is 1.12 bits per heavy atom. The van der Waals surface area contributed by atoms with Crippen LogP contribution in [0.25, 0.3) is 0 Å². The van der Waals surface area contributed by atoms with Crippen molar-refractivity contribution in [1.29, 1.82) is 0 Å². The highest BCUT2D eigenvalue weighted by Gasteiger charge is 2.25. The van der Waals surface area contributed by atoms with E-state index in [4.69, 9.17) is 0 Å². The number of amides is 2. The normalized spacial score (nSPS) is 14.3. The lowest BCUT2D eigenvalue weighted by molar-refractivity contribution is -0.132. The number of benzene rings is 1. The molecule has 1 saturated heterocycles. The van der Waals surface area contributed by atoms with Crippen molar-refractivity contribution in [2.75, 3.05) is 32.7 Å². The Balaban J connectivity index is 1.78. The van der Waals surface area contributed by atoms with Gasteiger partial charge in [0, 0.05) is 32.7 Å². The summed E-state index contributed by atoms with van der Waals surface area (Å²) in [6.07, 6.45) is 0. The minimum atomic E-state index is -0.0680. The number of thiophene rings is 1. The molecule has 2 aromatic rings. The summed E-state index contributed by atoms with van der Waals surface area (Å²) in [5.41, 5.74) is 3.17. The lowest BCUT2D eigenvalue weighted by atomic mass is 10.1. The minimum absolute atomic E-state index is 0.0150. The molecule has 1 N–H and O–H groups in total. The van der Waals surface area contributed by atoms with E-state index in [-0.39, 0.29) is 18.4 Å². The average Bonchev–Trinajstić information content (AvgIpc) is 3.09. The second-order valence-corrected chi connectivity index (χ2v) is 7.63. The molecule has 2 amide bonds. The van der Waals surface area contributed by atoms with Crippen LogP contribution in [-0.4, -0.2) is 54.3 Å². The number of aryl methyl sites for hydroxylation is 2. The second-order valence-electron chi connectivity index (χ2n) is 6.71. The van der Waals surface area contributed by atoms with Gasteiger partial charge in [-0.25, -0.2) is 0 Å². The Hall–Kier alpha value is -2.18.